The van der Waals surface area contributed by atoms with Crippen molar-refractivity contribution in [2.75, 3.05) is 37.6 Å². The molecule has 19 heavy (non-hydrogen) atoms. The molecule has 4 heteroatoms. The molecule has 1 fully saturated rings. The topological polar surface area (TPSA) is 30.3 Å². The third-order valence-electron chi connectivity index (χ3n) is 3.55. The molecule has 0 saturated carbocycles. The highest BCUT2D eigenvalue weighted by molar-refractivity contribution is 5.59. The Kier molecular flexibility index (Phi) is 4.75. The highest BCUT2D eigenvalue weighted by Gasteiger charge is 2.17. The van der Waals surface area contributed by atoms with Crippen LogP contribution in [0.1, 0.15) is 25.3 Å². The van der Waals surface area contributed by atoms with Crippen molar-refractivity contribution in [3.8, 4) is 6.07 Å². The van der Waals surface area contributed by atoms with E-state index in [9.17, 15) is 4.39 Å². The molecule has 3 nitrogen and oxygen atoms in total. The van der Waals surface area contributed by atoms with Gasteiger partial charge in [-0.05, 0) is 44.1 Å². The van der Waals surface area contributed by atoms with Crippen LogP contribution in [0.3, 0.4) is 0 Å². The van der Waals surface area contributed by atoms with Crippen molar-refractivity contribution in [1.82, 2.24) is 4.90 Å². The molecule has 0 unspecified atom stereocenters. The summed E-state index contributed by atoms with van der Waals surface area (Å²) in [5.74, 6) is -0.345. The second-order valence-corrected chi connectivity index (χ2v) is 4.96. The van der Waals surface area contributed by atoms with Crippen molar-refractivity contribution in [2.45, 2.75) is 19.8 Å². The van der Waals surface area contributed by atoms with Gasteiger partial charge in [-0.3, -0.25) is 0 Å². The quantitative estimate of drug-likeness (QED) is 0.838. The molecule has 0 N–H and O–H groups in total. The van der Waals surface area contributed by atoms with Crippen molar-refractivity contribution in [2.24, 2.45) is 0 Å². The highest BCUT2D eigenvalue weighted by atomic mass is 19.1. The van der Waals surface area contributed by atoms with Crippen molar-refractivity contribution < 1.29 is 4.39 Å². The highest BCUT2D eigenvalue weighted by Crippen LogP contribution is 2.22. The van der Waals surface area contributed by atoms with Gasteiger partial charge in [-0.25, -0.2) is 4.39 Å². The Bertz CT molecular complexity index is 467. The molecular formula is C15H20FN3. The van der Waals surface area contributed by atoms with Crippen molar-refractivity contribution in [3.63, 3.8) is 0 Å². The normalized spacial score (nSPS) is 17.0. The van der Waals surface area contributed by atoms with Crippen LogP contribution in [0.2, 0.25) is 0 Å². The Balaban J connectivity index is 2.12. The zero-order valence-corrected chi connectivity index (χ0v) is 11.4. The first-order valence-corrected chi connectivity index (χ1v) is 6.91. The number of hydrogen-bond donors (Lipinski definition) is 0. The molecule has 0 aromatic heterocycles. The van der Waals surface area contributed by atoms with Crippen molar-refractivity contribution in [3.05, 3.63) is 29.6 Å². The van der Waals surface area contributed by atoms with E-state index in [0.717, 1.165) is 44.8 Å². The third-order valence-corrected chi connectivity index (χ3v) is 3.55. The van der Waals surface area contributed by atoms with E-state index in [0.29, 0.717) is 5.56 Å². The molecule has 0 atom stereocenters. The summed E-state index contributed by atoms with van der Waals surface area (Å²) in [6.45, 7) is 7.27. The summed E-state index contributed by atoms with van der Waals surface area (Å²) in [5, 5.41) is 9.13. The standard InChI is InChI=1S/C15H20FN3/c1-2-6-18-7-3-8-19(10-9-18)15-5-4-14(16)11-13(15)12-17/h4-5,11H,2-3,6-10H2,1H3. The van der Waals surface area contributed by atoms with E-state index in [1.165, 1.54) is 18.6 Å². The number of halogens is 1. The molecule has 102 valence electrons. The second kappa shape index (κ2) is 6.53. The molecule has 1 aliphatic heterocycles. The Labute approximate surface area is 114 Å². The van der Waals surface area contributed by atoms with Crippen LogP contribution in [0.4, 0.5) is 10.1 Å². The summed E-state index contributed by atoms with van der Waals surface area (Å²) in [6.07, 6.45) is 2.25. The fourth-order valence-corrected chi connectivity index (χ4v) is 2.63. The van der Waals surface area contributed by atoms with Crippen LogP contribution in [0.15, 0.2) is 18.2 Å². The predicted octanol–water partition coefficient (Wildman–Crippen LogP) is 2.62. The molecule has 0 spiro atoms. The summed E-state index contributed by atoms with van der Waals surface area (Å²) in [7, 11) is 0. The zero-order chi connectivity index (χ0) is 13.7. The Hall–Kier alpha value is -1.60. The summed E-state index contributed by atoms with van der Waals surface area (Å²) in [4.78, 5) is 4.66. The summed E-state index contributed by atoms with van der Waals surface area (Å²) >= 11 is 0. The van der Waals surface area contributed by atoms with Gasteiger partial charge in [0.25, 0.3) is 0 Å². The average molecular weight is 261 g/mol. The lowest BCUT2D eigenvalue weighted by atomic mass is 10.1. The predicted molar refractivity (Wildman–Crippen MR) is 74.7 cm³/mol. The van der Waals surface area contributed by atoms with E-state index in [1.807, 2.05) is 0 Å². The van der Waals surface area contributed by atoms with Crippen LogP contribution in [-0.4, -0.2) is 37.6 Å². The molecule has 2 rings (SSSR count). The first-order valence-electron chi connectivity index (χ1n) is 6.91. The van der Waals surface area contributed by atoms with Gasteiger partial charge in [0.15, 0.2) is 0 Å². The first-order chi connectivity index (χ1) is 9.24. The molecule has 0 bridgehead atoms. The Morgan fingerprint density at radius 1 is 1.26 bits per heavy atom. The fraction of sp³-hybridized carbons (Fsp3) is 0.533. The molecule has 0 amide bonds. The SMILES string of the molecule is CCCN1CCCN(c2ccc(F)cc2C#N)CC1. The minimum Gasteiger partial charge on any atom is -0.369 e. The van der Waals surface area contributed by atoms with Gasteiger partial charge in [0, 0.05) is 19.6 Å². The van der Waals surface area contributed by atoms with Crippen LogP contribution < -0.4 is 4.90 Å². The molecule has 0 radical (unpaired) electrons. The maximum Gasteiger partial charge on any atom is 0.124 e. The molecule has 1 aromatic rings. The number of nitrogens with zero attached hydrogens (tertiary/aromatic N) is 3. The summed E-state index contributed by atoms with van der Waals surface area (Å²) in [5.41, 5.74) is 1.30. The largest absolute Gasteiger partial charge is 0.369 e. The minimum atomic E-state index is -0.345. The summed E-state index contributed by atoms with van der Waals surface area (Å²) in [6, 6.07) is 6.58. The molecule has 1 heterocycles. The fourth-order valence-electron chi connectivity index (χ4n) is 2.63. The smallest absolute Gasteiger partial charge is 0.124 e. The van der Waals surface area contributed by atoms with E-state index in [1.54, 1.807) is 6.07 Å². The molecule has 0 aliphatic carbocycles. The van der Waals surface area contributed by atoms with E-state index >= 15 is 0 Å². The first kappa shape index (κ1) is 13.8. The van der Waals surface area contributed by atoms with Gasteiger partial charge in [-0.15, -0.1) is 0 Å². The van der Waals surface area contributed by atoms with Gasteiger partial charge in [0.2, 0.25) is 0 Å². The Morgan fingerprint density at radius 2 is 2.11 bits per heavy atom. The van der Waals surface area contributed by atoms with Crippen LogP contribution >= 0.6 is 0 Å². The van der Waals surface area contributed by atoms with Crippen molar-refractivity contribution in [1.29, 1.82) is 5.26 Å². The lowest BCUT2D eigenvalue weighted by Crippen LogP contribution is -2.31. The van der Waals surface area contributed by atoms with Gasteiger partial charge in [-0.1, -0.05) is 6.92 Å². The Morgan fingerprint density at radius 3 is 2.84 bits per heavy atom. The maximum absolute atomic E-state index is 13.2. The number of nitriles is 1. The van der Waals surface area contributed by atoms with Gasteiger partial charge in [0.05, 0.1) is 11.3 Å². The van der Waals surface area contributed by atoms with Gasteiger partial charge in [-0.2, -0.15) is 5.26 Å². The zero-order valence-electron chi connectivity index (χ0n) is 11.4. The van der Waals surface area contributed by atoms with E-state index in [-0.39, 0.29) is 5.82 Å². The third kappa shape index (κ3) is 3.45. The van der Waals surface area contributed by atoms with Crippen LogP contribution in [0, 0.1) is 17.1 Å². The van der Waals surface area contributed by atoms with Gasteiger partial charge in [0.1, 0.15) is 11.9 Å². The monoisotopic (exact) mass is 261 g/mol. The molecule has 1 aliphatic rings. The van der Waals surface area contributed by atoms with E-state index < -0.39 is 0 Å². The minimum absolute atomic E-state index is 0.345. The van der Waals surface area contributed by atoms with Gasteiger partial charge >= 0.3 is 0 Å². The number of anilines is 1. The molecule has 1 saturated heterocycles. The number of rotatable bonds is 3. The molecule has 1 aromatic carbocycles. The lowest BCUT2D eigenvalue weighted by molar-refractivity contribution is 0.294. The summed E-state index contributed by atoms with van der Waals surface area (Å²) < 4.78 is 13.2. The van der Waals surface area contributed by atoms with E-state index in [2.05, 4.69) is 22.8 Å². The number of hydrogen-bond acceptors (Lipinski definition) is 3. The van der Waals surface area contributed by atoms with Gasteiger partial charge < -0.3 is 9.80 Å². The van der Waals surface area contributed by atoms with Crippen LogP contribution in [0.5, 0.6) is 0 Å². The maximum atomic E-state index is 13.2. The average Bonchev–Trinajstić information content (AvgIpc) is 2.65. The lowest BCUT2D eigenvalue weighted by Gasteiger charge is -2.24. The number of benzene rings is 1. The van der Waals surface area contributed by atoms with Crippen molar-refractivity contribution >= 4 is 5.69 Å². The van der Waals surface area contributed by atoms with Crippen LogP contribution in [-0.2, 0) is 0 Å². The van der Waals surface area contributed by atoms with Crippen LogP contribution in [0.25, 0.3) is 0 Å². The van der Waals surface area contributed by atoms with E-state index in [4.69, 9.17) is 5.26 Å². The second-order valence-electron chi connectivity index (χ2n) is 4.96. The molecular weight excluding hydrogens is 241 g/mol.